The topological polar surface area (TPSA) is 25.4 Å². The zero-order valence-electron chi connectivity index (χ0n) is 10.2. The van der Waals surface area contributed by atoms with E-state index in [9.17, 15) is 0 Å². The van der Waals surface area contributed by atoms with Gasteiger partial charge in [-0.3, -0.25) is 0 Å². The Bertz CT molecular complexity index is 353. The van der Waals surface area contributed by atoms with Crippen molar-refractivity contribution in [1.82, 2.24) is 4.98 Å². The molecule has 17 heavy (non-hydrogen) atoms. The molecule has 0 aromatic carbocycles. The van der Waals surface area contributed by atoms with Crippen LogP contribution >= 0.6 is 11.6 Å². The third kappa shape index (κ3) is 3.58. The van der Waals surface area contributed by atoms with Gasteiger partial charge in [-0.1, -0.05) is 6.07 Å². The van der Waals surface area contributed by atoms with E-state index in [2.05, 4.69) is 16.9 Å². The Morgan fingerprint density at radius 1 is 1.53 bits per heavy atom. The van der Waals surface area contributed by atoms with Gasteiger partial charge in [0.1, 0.15) is 5.82 Å². The Kier molecular flexibility index (Phi) is 4.63. The highest BCUT2D eigenvalue weighted by Gasteiger charge is 2.16. The van der Waals surface area contributed by atoms with E-state index in [-0.39, 0.29) is 0 Å². The Hall–Kier alpha value is -0.800. The van der Waals surface area contributed by atoms with Gasteiger partial charge in [-0.25, -0.2) is 4.98 Å². The average Bonchev–Trinajstić information content (AvgIpc) is 2.40. The fraction of sp³-hybridized carbons (Fsp3) is 0.615. The molecule has 0 radical (unpaired) electrons. The van der Waals surface area contributed by atoms with Crippen molar-refractivity contribution < 1.29 is 4.74 Å². The SMILES string of the molecule is CN(CC1CCCOC1)c1cccc(CCl)n1. The van der Waals surface area contributed by atoms with Crippen molar-refractivity contribution >= 4 is 17.4 Å². The van der Waals surface area contributed by atoms with Crippen LogP contribution in [-0.2, 0) is 10.6 Å². The van der Waals surface area contributed by atoms with Crippen molar-refractivity contribution in [3.05, 3.63) is 23.9 Å². The van der Waals surface area contributed by atoms with Crippen LogP contribution in [0.1, 0.15) is 18.5 Å². The van der Waals surface area contributed by atoms with Crippen LogP contribution in [0.3, 0.4) is 0 Å². The Labute approximate surface area is 108 Å². The molecular formula is C13H19ClN2O. The van der Waals surface area contributed by atoms with Crippen LogP contribution in [0.5, 0.6) is 0 Å². The van der Waals surface area contributed by atoms with E-state index in [0.717, 1.165) is 31.3 Å². The zero-order chi connectivity index (χ0) is 12.1. The number of ether oxygens (including phenoxy) is 1. The highest BCUT2D eigenvalue weighted by Crippen LogP contribution is 2.18. The number of aromatic nitrogens is 1. The molecule has 1 aliphatic rings. The molecule has 94 valence electrons. The third-order valence-electron chi connectivity index (χ3n) is 3.11. The molecule has 3 nitrogen and oxygen atoms in total. The summed E-state index contributed by atoms with van der Waals surface area (Å²) in [5.41, 5.74) is 0.927. The summed E-state index contributed by atoms with van der Waals surface area (Å²) in [5, 5.41) is 0. The number of halogens is 1. The molecule has 0 saturated carbocycles. The summed E-state index contributed by atoms with van der Waals surface area (Å²) in [6.45, 7) is 2.79. The minimum atomic E-state index is 0.466. The zero-order valence-corrected chi connectivity index (χ0v) is 11.0. The summed E-state index contributed by atoms with van der Waals surface area (Å²) in [4.78, 5) is 6.70. The van der Waals surface area contributed by atoms with Crippen molar-refractivity contribution in [3.63, 3.8) is 0 Å². The van der Waals surface area contributed by atoms with E-state index in [1.165, 1.54) is 12.8 Å². The smallest absolute Gasteiger partial charge is 0.128 e. The molecular weight excluding hydrogens is 236 g/mol. The average molecular weight is 255 g/mol. The van der Waals surface area contributed by atoms with Crippen molar-refractivity contribution in [2.45, 2.75) is 18.7 Å². The van der Waals surface area contributed by atoms with E-state index in [4.69, 9.17) is 16.3 Å². The molecule has 1 aromatic rings. The lowest BCUT2D eigenvalue weighted by Gasteiger charge is -2.27. The summed E-state index contributed by atoms with van der Waals surface area (Å²) < 4.78 is 5.50. The predicted octanol–water partition coefficient (Wildman–Crippen LogP) is 2.68. The molecule has 0 bridgehead atoms. The standard InChI is InChI=1S/C13H19ClN2O/c1-16(9-11-4-3-7-17-10-11)13-6-2-5-12(8-14)15-13/h2,5-6,11H,3-4,7-10H2,1H3. The second kappa shape index (κ2) is 6.22. The van der Waals surface area contributed by atoms with Crippen LogP contribution in [0.25, 0.3) is 0 Å². The summed E-state index contributed by atoms with van der Waals surface area (Å²) in [5.74, 6) is 2.08. The lowest BCUT2D eigenvalue weighted by molar-refractivity contribution is 0.0576. The number of pyridine rings is 1. The molecule has 1 aliphatic heterocycles. The van der Waals surface area contributed by atoms with Gasteiger partial charge in [0, 0.05) is 20.2 Å². The monoisotopic (exact) mass is 254 g/mol. The number of anilines is 1. The van der Waals surface area contributed by atoms with Crippen molar-refractivity contribution in [2.24, 2.45) is 5.92 Å². The third-order valence-corrected chi connectivity index (χ3v) is 3.38. The molecule has 0 aliphatic carbocycles. The lowest BCUT2D eigenvalue weighted by atomic mass is 10.0. The molecule has 1 fully saturated rings. The lowest BCUT2D eigenvalue weighted by Crippen LogP contribution is -2.31. The van der Waals surface area contributed by atoms with Gasteiger partial charge in [-0.2, -0.15) is 0 Å². The van der Waals surface area contributed by atoms with Crippen molar-refractivity contribution in [2.75, 3.05) is 31.7 Å². The van der Waals surface area contributed by atoms with Crippen molar-refractivity contribution in [3.8, 4) is 0 Å². The van der Waals surface area contributed by atoms with Crippen LogP contribution in [0.15, 0.2) is 18.2 Å². The van der Waals surface area contributed by atoms with E-state index >= 15 is 0 Å². The van der Waals surface area contributed by atoms with Gasteiger partial charge in [0.05, 0.1) is 18.2 Å². The molecule has 1 atom stereocenters. The molecule has 0 spiro atoms. The minimum absolute atomic E-state index is 0.466. The van der Waals surface area contributed by atoms with Gasteiger partial charge in [0.25, 0.3) is 0 Å². The Morgan fingerprint density at radius 2 is 2.41 bits per heavy atom. The van der Waals surface area contributed by atoms with Gasteiger partial charge in [0.15, 0.2) is 0 Å². The van der Waals surface area contributed by atoms with Crippen LogP contribution in [0.2, 0.25) is 0 Å². The Balaban J connectivity index is 1.95. The van der Waals surface area contributed by atoms with Crippen LogP contribution in [-0.4, -0.2) is 31.8 Å². The summed E-state index contributed by atoms with van der Waals surface area (Å²) >= 11 is 5.79. The van der Waals surface area contributed by atoms with Gasteiger partial charge in [-0.05, 0) is 30.9 Å². The molecule has 0 N–H and O–H groups in total. The number of hydrogen-bond donors (Lipinski definition) is 0. The van der Waals surface area contributed by atoms with E-state index in [0.29, 0.717) is 11.8 Å². The highest BCUT2D eigenvalue weighted by atomic mass is 35.5. The number of hydrogen-bond acceptors (Lipinski definition) is 3. The number of alkyl halides is 1. The van der Waals surface area contributed by atoms with E-state index in [1.54, 1.807) is 0 Å². The first kappa shape index (κ1) is 12.7. The summed E-state index contributed by atoms with van der Waals surface area (Å²) in [7, 11) is 2.08. The molecule has 2 rings (SSSR count). The summed E-state index contributed by atoms with van der Waals surface area (Å²) in [6, 6.07) is 5.99. The molecule has 1 aromatic heterocycles. The molecule has 2 heterocycles. The number of rotatable bonds is 4. The van der Waals surface area contributed by atoms with E-state index in [1.807, 2.05) is 18.2 Å². The first-order valence-electron chi connectivity index (χ1n) is 6.10. The normalized spacial score (nSPS) is 20.2. The first-order valence-corrected chi connectivity index (χ1v) is 6.64. The van der Waals surface area contributed by atoms with Crippen LogP contribution < -0.4 is 4.90 Å². The van der Waals surface area contributed by atoms with Crippen molar-refractivity contribution in [1.29, 1.82) is 0 Å². The second-order valence-corrected chi connectivity index (χ2v) is 4.85. The van der Waals surface area contributed by atoms with Gasteiger partial charge in [0.2, 0.25) is 0 Å². The Morgan fingerprint density at radius 3 is 3.12 bits per heavy atom. The minimum Gasteiger partial charge on any atom is -0.381 e. The highest BCUT2D eigenvalue weighted by molar-refractivity contribution is 6.16. The maximum atomic E-state index is 5.79. The van der Waals surface area contributed by atoms with Gasteiger partial charge < -0.3 is 9.64 Å². The summed E-state index contributed by atoms with van der Waals surface area (Å²) in [6.07, 6.45) is 2.42. The van der Waals surface area contributed by atoms with Crippen LogP contribution in [0.4, 0.5) is 5.82 Å². The maximum Gasteiger partial charge on any atom is 0.128 e. The molecule has 4 heteroatoms. The molecule has 0 amide bonds. The van der Waals surface area contributed by atoms with E-state index < -0.39 is 0 Å². The molecule has 1 saturated heterocycles. The van der Waals surface area contributed by atoms with Gasteiger partial charge >= 0.3 is 0 Å². The molecule has 1 unspecified atom stereocenters. The van der Waals surface area contributed by atoms with Crippen LogP contribution in [0, 0.1) is 5.92 Å². The quantitative estimate of drug-likeness (QED) is 0.773. The fourth-order valence-corrected chi connectivity index (χ4v) is 2.34. The first-order chi connectivity index (χ1) is 8.29. The number of nitrogens with zero attached hydrogens (tertiary/aromatic N) is 2. The fourth-order valence-electron chi connectivity index (χ4n) is 2.19. The largest absolute Gasteiger partial charge is 0.381 e. The predicted molar refractivity (Wildman–Crippen MR) is 70.6 cm³/mol. The second-order valence-electron chi connectivity index (χ2n) is 4.58. The maximum absolute atomic E-state index is 5.79. The van der Waals surface area contributed by atoms with Gasteiger partial charge in [-0.15, -0.1) is 11.6 Å².